The molecule has 1 aliphatic rings. The van der Waals surface area contributed by atoms with Gasteiger partial charge in [0.05, 0.1) is 6.10 Å². The van der Waals surface area contributed by atoms with Crippen LogP contribution in [0.1, 0.15) is 31.7 Å². The summed E-state index contributed by atoms with van der Waals surface area (Å²) in [7, 11) is 0. The second kappa shape index (κ2) is 7.10. The van der Waals surface area contributed by atoms with Gasteiger partial charge in [-0.2, -0.15) is 0 Å². The van der Waals surface area contributed by atoms with E-state index in [1.165, 1.54) is 0 Å². The fourth-order valence-electron chi connectivity index (χ4n) is 2.27. The molecule has 1 aromatic carbocycles. The largest absolute Gasteiger partial charge is 0.376 e. The normalized spacial score (nSPS) is 19.4. The van der Waals surface area contributed by atoms with Crippen LogP contribution in [0.3, 0.4) is 0 Å². The molecule has 2 rings (SSSR count). The molecule has 3 heteroatoms. The molecular weight excluding hydrogens is 238 g/mol. The Morgan fingerprint density at radius 3 is 2.84 bits per heavy atom. The number of benzene rings is 1. The number of nitrogens with one attached hydrogen (secondary N) is 1. The van der Waals surface area contributed by atoms with E-state index in [4.69, 9.17) is 4.74 Å². The molecule has 19 heavy (non-hydrogen) atoms. The van der Waals surface area contributed by atoms with E-state index < -0.39 is 0 Å². The van der Waals surface area contributed by atoms with Gasteiger partial charge in [-0.05, 0) is 30.4 Å². The molecular formula is C16H21NO2. The van der Waals surface area contributed by atoms with Crippen molar-refractivity contribution < 1.29 is 9.53 Å². The van der Waals surface area contributed by atoms with Crippen molar-refractivity contribution in [1.29, 1.82) is 0 Å². The van der Waals surface area contributed by atoms with Crippen LogP contribution in [-0.4, -0.2) is 25.2 Å². The van der Waals surface area contributed by atoms with E-state index in [0.717, 1.165) is 37.0 Å². The smallest absolute Gasteiger partial charge is 0.244 e. The molecule has 1 fully saturated rings. The summed E-state index contributed by atoms with van der Waals surface area (Å²) < 4.78 is 5.48. The second-order valence-electron chi connectivity index (χ2n) is 4.77. The van der Waals surface area contributed by atoms with E-state index in [1.807, 2.05) is 30.3 Å². The summed E-state index contributed by atoms with van der Waals surface area (Å²) in [6, 6.07) is 10.0. The zero-order valence-electron chi connectivity index (χ0n) is 11.4. The van der Waals surface area contributed by atoms with Crippen molar-refractivity contribution in [3.05, 3.63) is 42.0 Å². The molecule has 1 saturated heterocycles. The number of carbonyl (C=O) groups excluding carboxylic acids is 1. The number of rotatable bonds is 5. The highest BCUT2D eigenvalue weighted by Crippen LogP contribution is 2.17. The van der Waals surface area contributed by atoms with Gasteiger partial charge >= 0.3 is 0 Å². The Kier molecular flexibility index (Phi) is 5.16. The maximum absolute atomic E-state index is 11.9. The van der Waals surface area contributed by atoms with Gasteiger partial charge in [0.15, 0.2) is 0 Å². The molecule has 1 unspecified atom stereocenters. The molecule has 0 saturated carbocycles. The minimum atomic E-state index is -0.0313. The van der Waals surface area contributed by atoms with Gasteiger partial charge in [-0.15, -0.1) is 0 Å². The van der Waals surface area contributed by atoms with Gasteiger partial charge < -0.3 is 10.1 Å². The maximum Gasteiger partial charge on any atom is 0.244 e. The zero-order valence-corrected chi connectivity index (χ0v) is 11.4. The fourth-order valence-corrected chi connectivity index (χ4v) is 2.27. The average molecular weight is 259 g/mol. The molecule has 102 valence electrons. The second-order valence-corrected chi connectivity index (χ2v) is 4.77. The lowest BCUT2D eigenvalue weighted by Gasteiger charge is -2.10. The molecule has 0 aromatic heterocycles. The first kappa shape index (κ1) is 13.8. The van der Waals surface area contributed by atoms with Gasteiger partial charge in [-0.3, -0.25) is 4.79 Å². The Morgan fingerprint density at radius 1 is 1.42 bits per heavy atom. The molecule has 1 aromatic rings. The van der Waals surface area contributed by atoms with Gasteiger partial charge in [0.1, 0.15) is 0 Å². The Morgan fingerprint density at radius 2 is 2.21 bits per heavy atom. The lowest BCUT2D eigenvalue weighted by molar-refractivity contribution is -0.116. The van der Waals surface area contributed by atoms with Crippen LogP contribution in [0.25, 0.3) is 5.57 Å². The van der Waals surface area contributed by atoms with Crippen LogP contribution in [0.5, 0.6) is 0 Å². The molecule has 1 heterocycles. The molecule has 1 amide bonds. The highest BCUT2D eigenvalue weighted by Gasteiger charge is 2.15. The van der Waals surface area contributed by atoms with Crippen molar-refractivity contribution in [2.24, 2.45) is 0 Å². The van der Waals surface area contributed by atoms with Gasteiger partial charge in [0.2, 0.25) is 5.91 Å². The number of ether oxygens (including phenoxy) is 1. The molecule has 1 atom stereocenters. The number of hydrogen-bond donors (Lipinski definition) is 1. The monoisotopic (exact) mass is 259 g/mol. The topological polar surface area (TPSA) is 38.3 Å². The van der Waals surface area contributed by atoms with Crippen molar-refractivity contribution in [3.8, 4) is 0 Å². The standard InChI is InChI=1S/C16H21NO2/c1-2-13(14-7-4-3-5-8-14)11-16(18)17-12-15-9-6-10-19-15/h3-5,7-8,11,15H,2,6,9-10,12H2,1H3,(H,17,18)/b13-11+. The summed E-state index contributed by atoms with van der Waals surface area (Å²) in [5.41, 5.74) is 2.17. The van der Waals surface area contributed by atoms with Crippen LogP contribution >= 0.6 is 0 Å². The summed E-state index contributed by atoms with van der Waals surface area (Å²) >= 11 is 0. The lowest BCUT2D eigenvalue weighted by atomic mass is 10.0. The highest BCUT2D eigenvalue weighted by molar-refractivity contribution is 5.95. The van der Waals surface area contributed by atoms with Crippen molar-refractivity contribution in [2.75, 3.05) is 13.2 Å². The van der Waals surface area contributed by atoms with Crippen molar-refractivity contribution in [3.63, 3.8) is 0 Å². The minimum absolute atomic E-state index is 0.0313. The first-order valence-electron chi connectivity index (χ1n) is 6.95. The lowest BCUT2D eigenvalue weighted by Crippen LogP contribution is -2.30. The summed E-state index contributed by atoms with van der Waals surface area (Å²) in [5.74, 6) is -0.0313. The van der Waals surface area contributed by atoms with Gasteiger partial charge in [0, 0.05) is 19.2 Å². The van der Waals surface area contributed by atoms with Crippen LogP contribution in [0.15, 0.2) is 36.4 Å². The van der Waals surface area contributed by atoms with Crippen LogP contribution in [0.4, 0.5) is 0 Å². The molecule has 0 aliphatic carbocycles. The third kappa shape index (κ3) is 4.21. The van der Waals surface area contributed by atoms with E-state index in [0.29, 0.717) is 6.54 Å². The first-order valence-corrected chi connectivity index (χ1v) is 6.95. The van der Waals surface area contributed by atoms with Crippen LogP contribution in [-0.2, 0) is 9.53 Å². The number of hydrogen-bond acceptors (Lipinski definition) is 2. The van der Waals surface area contributed by atoms with Gasteiger partial charge in [-0.1, -0.05) is 37.3 Å². The van der Waals surface area contributed by atoms with E-state index in [2.05, 4.69) is 12.2 Å². The maximum atomic E-state index is 11.9. The van der Waals surface area contributed by atoms with Crippen LogP contribution in [0.2, 0.25) is 0 Å². The van der Waals surface area contributed by atoms with Gasteiger partial charge in [0.25, 0.3) is 0 Å². The molecule has 0 bridgehead atoms. The third-order valence-corrected chi connectivity index (χ3v) is 3.36. The summed E-state index contributed by atoms with van der Waals surface area (Å²) in [5, 5.41) is 2.92. The van der Waals surface area contributed by atoms with E-state index >= 15 is 0 Å². The Labute approximate surface area is 114 Å². The summed E-state index contributed by atoms with van der Waals surface area (Å²) in [6.07, 6.45) is 4.88. The van der Waals surface area contributed by atoms with Crippen molar-refractivity contribution >= 4 is 11.5 Å². The predicted molar refractivity (Wildman–Crippen MR) is 76.7 cm³/mol. The highest BCUT2D eigenvalue weighted by atomic mass is 16.5. The molecule has 3 nitrogen and oxygen atoms in total. The molecule has 0 spiro atoms. The Bertz CT molecular complexity index is 433. The Hall–Kier alpha value is -1.61. The minimum Gasteiger partial charge on any atom is -0.376 e. The number of carbonyl (C=O) groups is 1. The zero-order chi connectivity index (χ0) is 13.5. The van der Waals surface area contributed by atoms with Crippen molar-refractivity contribution in [2.45, 2.75) is 32.3 Å². The SMILES string of the molecule is CC/C(=C\C(=O)NCC1CCCO1)c1ccccc1. The summed E-state index contributed by atoms with van der Waals surface area (Å²) in [4.78, 5) is 11.9. The van der Waals surface area contributed by atoms with Crippen LogP contribution in [0, 0.1) is 0 Å². The van der Waals surface area contributed by atoms with Crippen molar-refractivity contribution in [1.82, 2.24) is 5.32 Å². The third-order valence-electron chi connectivity index (χ3n) is 3.36. The molecule has 1 N–H and O–H groups in total. The fraction of sp³-hybridized carbons (Fsp3) is 0.438. The van der Waals surface area contributed by atoms with E-state index in [9.17, 15) is 4.79 Å². The van der Waals surface area contributed by atoms with E-state index in [-0.39, 0.29) is 12.0 Å². The molecule has 1 aliphatic heterocycles. The van der Waals surface area contributed by atoms with Gasteiger partial charge in [-0.25, -0.2) is 0 Å². The number of amides is 1. The average Bonchev–Trinajstić information content (AvgIpc) is 2.97. The first-order chi connectivity index (χ1) is 9.29. The predicted octanol–water partition coefficient (Wildman–Crippen LogP) is 2.78. The quantitative estimate of drug-likeness (QED) is 0.826. The molecule has 0 radical (unpaired) electrons. The van der Waals surface area contributed by atoms with Crippen LogP contribution < -0.4 is 5.32 Å². The van der Waals surface area contributed by atoms with E-state index in [1.54, 1.807) is 6.08 Å². The Balaban J connectivity index is 1.92. The summed E-state index contributed by atoms with van der Waals surface area (Å²) in [6.45, 7) is 3.49. The number of allylic oxidation sites excluding steroid dienone is 1.